The summed E-state index contributed by atoms with van der Waals surface area (Å²) in [5, 5.41) is 2.91. The van der Waals surface area contributed by atoms with Crippen LogP contribution in [0.4, 0.5) is 11.5 Å². The molecule has 6 nitrogen and oxygen atoms in total. The van der Waals surface area contributed by atoms with Gasteiger partial charge in [-0.1, -0.05) is 17.1 Å². The Labute approximate surface area is 126 Å². The van der Waals surface area contributed by atoms with Crippen molar-refractivity contribution >= 4 is 38.5 Å². The number of hydrogen-bond acceptors (Lipinski definition) is 5. The van der Waals surface area contributed by atoms with Crippen LogP contribution in [-0.2, 0) is 23.9 Å². The molecule has 20 heavy (non-hydrogen) atoms. The number of aromatic nitrogens is 2. The molecule has 1 N–H and O–H groups in total. The molecular weight excluding hydrogens is 346 g/mol. The first-order chi connectivity index (χ1) is 9.45. The van der Waals surface area contributed by atoms with E-state index in [0.29, 0.717) is 17.1 Å². The van der Waals surface area contributed by atoms with Gasteiger partial charge in [-0.3, -0.25) is 9.00 Å². The number of halogens is 1. The van der Waals surface area contributed by atoms with E-state index in [4.69, 9.17) is 0 Å². The molecule has 2 heterocycles. The lowest BCUT2D eigenvalue weighted by Gasteiger charge is -2.09. The van der Waals surface area contributed by atoms with Crippen molar-refractivity contribution in [2.24, 2.45) is 7.05 Å². The molecule has 1 unspecified atom stereocenters. The molecule has 0 fully saturated rings. The van der Waals surface area contributed by atoms with Crippen molar-refractivity contribution in [2.45, 2.75) is 5.75 Å². The van der Waals surface area contributed by atoms with E-state index < -0.39 is 11.1 Å². The highest BCUT2D eigenvalue weighted by atomic mass is 79.9. The molecule has 0 spiro atoms. The number of rotatable bonds is 4. The largest absolute Gasteiger partial charge is 0.772 e. The molecule has 0 aliphatic rings. The Kier molecular flexibility index (Phi) is 4.69. The van der Waals surface area contributed by atoms with Gasteiger partial charge in [0.25, 0.3) is 5.56 Å². The lowest BCUT2D eigenvalue weighted by Crippen LogP contribution is -2.19. The molecule has 2 aromatic rings. The maximum absolute atomic E-state index is 11.9. The third-order valence-corrected chi connectivity index (χ3v) is 3.52. The maximum atomic E-state index is 11.9. The van der Waals surface area contributed by atoms with Gasteiger partial charge in [0.05, 0.1) is 0 Å². The van der Waals surface area contributed by atoms with Crippen LogP contribution in [0.3, 0.4) is 0 Å². The third kappa shape index (κ3) is 3.75. The number of nitrogens with zero attached hydrogens (tertiary/aromatic N) is 2. The van der Waals surface area contributed by atoms with E-state index >= 15 is 0 Å². The van der Waals surface area contributed by atoms with E-state index in [1.165, 1.54) is 10.8 Å². The summed E-state index contributed by atoms with van der Waals surface area (Å²) in [7, 11) is 1.65. The minimum atomic E-state index is -2.14. The van der Waals surface area contributed by atoms with Gasteiger partial charge in [-0.15, -0.1) is 0 Å². The molecule has 0 saturated heterocycles. The molecule has 0 aliphatic carbocycles. The Balaban J connectivity index is 2.22. The number of anilines is 2. The zero-order valence-electron chi connectivity index (χ0n) is 10.5. The van der Waals surface area contributed by atoms with Gasteiger partial charge in [-0.05, 0) is 33.6 Å². The van der Waals surface area contributed by atoms with Gasteiger partial charge in [0.1, 0.15) is 11.5 Å². The Morgan fingerprint density at radius 2 is 2.25 bits per heavy atom. The molecule has 0 bridgehead atoms. The normalized spacial score (nSPS) is 12.2. The van der Waals surface area contributed by atoms with Crippen molar-refractivity contribution in [2.75, 3.05) is 5.32 Å². The maximum Gasteiger partial charge on any atom is 0.274 e. The molecule has 8 heteroatoms. The number of nitrogens with one attached hydrogen (secondary N) is 1. The van der Waals surface area contributed by atoms with E-state index in [2.05, 4.69) is 26.2 Å². The van der Waals surface area contributed by atoms with Gasteiger partial charge in [-0.25, -0.2) is 4.98 Å². The van der Waals surface area contributed by atoms with Crippen molar-refractivity contribution in [1.29, 1.82) is 0 Å². The van der Waals surface area contributed by atoms with Crippen LogP contribution in [0.25, 0.3) is 0 Å². The lowest BCUT2D eigenvalue weighted by atomic mass is 10.3. The van der Waals surface area contributed by atoms with Crippen LogP contribution in [0.2, 0.25) is 0 Å². The van der Waals surface area contributed by atoms with Crippen LogP contribution in [-0.4, -0.2) is 18.3 Å². The van der Waals surface area contributed by atoms with Crippen LogP contribution < -0.4 is 10.9 Å². The molecule has 2 aromatic heterocycles. The predicted octanol–water partition coefficient (Wildman–Crippen LogP) is 1.67. The van der Waals surface area contributed by atoms with Crippen molar-refractivity contribution in [1.82, 2.24) is 9.55 Å². The standard InChI is InChI=1S/C12H12BrN3O3S/c1-16-6-9(13)4-10(12(16)17)15-11-3-2-8(5-14-11)7-20(18)19/h2-6H,7H2,1H3,(H,14,15)(H,18,19)/p-1. The number of pyridine rings is 2. The van der Waals surface area contributed by atoms with E-state index in [1.807, 2.05) is 0 Å². The molecule has 0 amide bonds. The van der Waals surface area contributed by atoms with Crippen LogP contribution >= 0.6 is 15.9 Å². The van der Waals surface area contributed by atoms with Gasteiger partial charge in [0.15, 0.2) is 0 Å². The minimum Gasteiger partial charge on any atom is -0.772 e. The van der Waals surface area contributed by atoms with Gasteiger partial charge in [0.2, 0.25) is 0 Å². The first-order valence-electron chi connectivity index (χ1n) is 5.59. The first kappa shape index (κ1) is 14.9. The summed E-state index contributed by atoms with van der Waals surface area (Å²) in [6, 6.07) is 4.93. The van der Waals surface area contributed by atoms with Crippen molar-refractivity contribution in [3.63, 3.8) is 0 Å². The summed E-state index contributed by atoms with van der Waals surface area (Å²) in [5.41, 5.74) is 0.792. The molecule has 0 aliphatic heterocycles. The smallest absolute Gasteiger partial charge is 0.274 e. The topological polar surface area (TPSA) is 87.1 Å². The van der Waals surface area contributed by atoms with Gasteiger partial charge < -0.3 is 14.4 Å². The molecule has 0 aromatic carbocycles. The SMILES string of the molecule is Cn1cc(Br)cc(Nc2ccc(CS(=O)[O-])cn2)c1=O. The first-order valence-corrected chi connectivity index (χ1v) is 7.63. The summed E-state index contributed by atoms with van der Waals surface area (Å²) in [5.74, 6) is 0.395. The summed E-state index contributed by atoms with van der Waals surface area (Å²) in [4.78, 5) is 16.0. The fourth-order valence-corrected chi connectivity index (χ4v) is 2.60. The Morgan fingerprint density at radius 3 is 2.85 bits per heavy atom. The molecule has 0 radical (unpaired) electrons. The predicted molar refractivity (Wildman–Crippen MR) is 79.5 cm³/mol. The monoisotopic (exact) mass is 356 g/mol. The summed E-state index contributed by atoms with van der Waals surface area (Å²) < 4.78 is 23.4. The fraction of sp³-hybridized carbons (Fsp3) is 0.167. The van der Waals surface area contributed by atoms with E-state index in [9.17, 15) is 13.6 Å². The average Bonchev–Trinajstić information content (AvgIpc) is 2.37. The highest BCUT2D eigenvalue weighted by molar-refractivity contribution is 9.10. The summed E-state index contributed by atoms with van der Waals surface area (Å²) in [6.45, 7) is 0. The highest BCUT2D eigenvalue weighted by Gasteiger charge is 2.05. The number of hydrogen-bond donors (Lipinski definition) is 1. The van der Waals surface area contributed by atoms with Crippen molar-refractivity contribution in [3.05, 3.63) is 51.0 Å². The Hall–Kier alpha value is -1.51. The Bertz CT molecular complexity index is 700. The molecule has 1 atom stereocenters. The molecule has 2 rings (SSSR count). The second kappa shape index (κ2) is 6.29. The highest BCUT2D eigenvalue weighted by Crippen LogP contribution is 2.16. The van der Waals surface area contributed by atoms with Gasteiger partial charge >= 0.3 is 0 Å². The van der Waals surface area contributed by atoms with Crippen LogP contribution in [0.5, 0.6) is 0 Å². The van der Waals surface area contributed by atoms with Crippen LogP contribution in [0, 0.1) is 0 Å². The summed E-state index contributed by atoms with van der Waals surface area (Å²) >= 11 is 1.17. The van der Waals surface area contributed by atoms with Gasteiger partial charge in [0, 0.05) is 29.7 Å². The lowest BCUT2D eigenvalue weighted by molar-refractivity contribution is 0.536. The average molecular weight is 357 g/mol. The molecule has 0 saturated carbocycles. The Morgan fingerprint density at radius 1 is 1.50 bits per heavy atom. The quantitative estimate of drug-likeness (QED) is 0.841. The molecule has 106 valence electrons. The van der Waals surface area contributed by atoms with E-state index in [-0.39, 0.29) is 11.3 Å². The third-order valence-electron chi connectivity index (χ3n) is 2.52. The van der Waals surface area contributed by atoms with E-state index in [0.717, 1.165) is 4.47 Å². The fourth-order valence-electron chi connectivity index (χ4n) is 1.62. The second-order valence-electron chi connectivity index (χ2n) is 4.11. The van der Waals surface area contributed by atoms with Crippen molar-refractivity contribution < 1.29 is 8.76 Å². The van der Waals surface area contributed by atoms with E-state index in [1.54, 1.807) is 31.4 Å². The zero-order chi connectivity index (χ0) is 14.7. The van der Waals surface area contributed by atoms with Gasteiger partial charge in [-0.2, -0.15) is 0 Å². The minimum absolute atomic E-state index is 0.0774. The van der Waals surface area contributed by atoms with Crippen molar-refractivity contribution in [3.8, 4) is 0 Å². The van der Waals surface area contributed by atoms with Crippen LogP contribution in [0.15, 0.2) is 39.9 Å². The van der Waals surface area contributed by atoms with Crippen LogP contribution in [0.1, 0.15) is 5.56 Å². The molecular formula is C12H11BrN3O3S-. The number of aryl methyl sites for hydroxylation is 1. The zero-order valence-corrected chi connectivity index (χ0v) is 12.9. The second-order valence-corrected chi connectivity index (χ2v) is 5.92. The summed E-state index contributed by atoms with van der Waals surface area (Å²) in [6.07, 6.45) is 3.12.